The number of fused-ring (bicyclic) bond motifs is 1. The molecule has 0 saturated heterocycles. The molecule has 0 aromatic heterocycles. The van der Waals surface area contributed by atoms with Gasteiger partial charge >= 0.3 is 0 Å². The van der Waals surface area contributed by atoms with E-state index in [1.165, 1.54) is 5.32 Å². The van der Waals surface area contributed by atoms with Crippen LogP contribution in [-0.2, 0) is 9.59 Å². The van der Waals surface area contributed by atoms with Gasteiger partial charge < -0.3 is 25.6 Å². The predicted octanol–water partition coefficient (Wildman–Crippen LogP) is -0.767. The number of rotatable bonds is 8. The van der Waals surface area contributed by atoms with Gasteiger partial charge in [0.15, 0.2) is 0 Å². The molecular weight excluding hydrogens is 296 g/mol. The summed E-state index contributed by atoms with van der Waals surface area (Å²) in [5.41, 5.74) is 0.653. The lowest BCUT2D eigenvalue weighted by molar-refractivity contribution is -0.682. The van der Waals surface area contributed by atoms with Crippen LogP contribution < -0.4 is 15.7 Å². The minimum absolute atomic E-state index is 0.0154. The van der Waals surface area contributed by atoms with Gasteiger partial charge in [0.05, 0.1) is 18.9 Å². The van der Waals surface area contributed by atoms with Gasteiger partial charge in [-0.05, 0) is 11.5 Å². The topological polar surface area (TPSA) is 106 Å². The fraction of sp³-hybridized carbons (Fsp3) is 0.294. The maximum Gasteiger partial charge on any atom is 0.230 e. The number of carbonyl (C=O) groups excluding carboxylic acids is 2. The Kier molecular flexibility index (Phi) is 6.08. The average molecular weight is 316 g/mol. The lowest BCUT2D eigenvalue weighted by Gasteiger charge is -2.16. The van der Waals surface area contributed by atoms with Gasteiger partial charge in [0, 0.05) is 24.1 Å². The molecule has 2 aromatic carbocycles. The van der Waals surface area contributed by atoms with Gasteiger partial charge in [-0.2, -0.15) is 0 Å². The highest BCUT2D eigenvalue weighted by molar-refractivity contribution is 6.02. The predicted molar refractivity (Wildman–Crippen MR) is 84.5 cm³/mol. The highest BCUT2D eigenvalue weighted by Crippen LogP contribution is 2.22. The molecule has 2 rings (SSSR count). The summed E-state index contributed by atoms with van der Waals surface area (Å²) in [5, 5.41) is 26.0. The van der Waals surface area contributed by atoms with Crippen molar-refractivity contribution in [3.05, 3.63) is 42.5 Å². The normalized spacial score (nSPS) is 12.0. The van der Waals surface area contributed by atoms with E-state index in [4.69, 9.17) is 5.11 Å². The minimum atomic E-state index is -1.28. The van der Waals surface area contributed by atoms with Crippen LogP contribution in [0, 0.1) is 0 Å². The number of amides is 1. The first-order chi connectivity index (χ1) is 11.1. The van der Waals surface area contributed by atoms with Crippen molar-refractivity contribution in [2.45, 2.75) is 18.9 Å². The molecule has 0 heterocycles. The third kappa shape index (κ3) is 4.77. The van der Waals surface area contributed by atoms with Crippen LogP contribution in [0.4, 0.5) is 5.69 Å². The third-order valence-corrected chi connectivity index (χ3v) is 3.59. The lowest BCUT2D eigenvalue weighted by atomic mass is 10.1. The molecule has 0 bridgehead atoms. The van der Waals surface area contributed by atoms with E-state index >= 15 is 0 Å². The summed E-state index contributed by atoms with van der Waals surface area (Å²) in [6, 6.07) is 12.2. The Hall–Kier alpha value is -2.44. The highest BCUT2D eigenvalue weighted by Gasteiger charge is 2.18. The van der Waals surface area contributed by atoms with Gasteiger partial charge in [0.2, 0.25) is 5.91 Å². The van der Waals surface area contributed by atoms with Gasteiger partial charge in [0.1, 0.15) is 6.04 Å². The molecule has 122 valence electrons. The first-order valence-electron chi connectivity index (χ1n) is 7.54. The lowest BCUT2D eigenvalue weighted by Crippen LogP contribution is -2.93. The summed E-state index contributed by atoms with van der Waals surface area (Å²) in [6.45, 7) is 0.412. The molecule has 4 N–H and O–H groups in total. The maximum atomic E-state index is 12.1. The molecular formula is C17H20N2O4. The number of anilines is 1. The van der Waals surface area contributed by atoms with Crippen molar-refractivity contribution >= 4 is 28.3 Å². The Balaban J connectivity index is 2.03. The molecule has 0 saturated carbocycles. The van der Waals surface area contributed by atoms with Gasteiger partial charge in [-0.15, -0.1) is 0 Å². The molecule has 6 heteroatoms. The number of aliphatic hydroxyl groups is 1. The summed E-state index contributed by atoms with van der Waals surface area (Å²) in [4.78, 5) is 23.2. The number of quaternary nitrogens is 1. The van der Waals surface area contributed by atoms with Crippen molar-refractivity contribution in [1.82, 2.24) is 0 Å². The van der Waals surface area contributed by atoms with Crippen molar-refractivity contribution in [2.75, 3.05) is 18.5 Å². The van der Waals surface area contributed by atoms with E-state index in [1.807, 2.05) is 36.4 Å². The molecule has 1 atom stereocenters. The number of hydrogen-bond donors (Lipinski definition) is 3. The summed E-state index contributed by atoms with van der Waals surface area (Å²) in [7, 11) is 0. The van der Waals surface area contributed by atoms with Gasteiger partial charge in [-0.25, -0.2) is 0 Å². The molecule has 1 amide bonds. The molecule has 6 nitrogen and oxygen atoms in total. The second-order valence-electron chi connectivity index (χ2n) is 5.31. The molecule has 0 fully saturated rings. The molecule has 0 unspecified atom stereocenters. The summed E-state index contributed by atoms with van der Waals surface area (Å²) >= 11 is 0. The van der Waals surface area contributed by atoms with Gasteiger partial charge in [0.25, 0.3) is 0 Å². The van der Waals surface area contributed by atoms with Crippen LogP contribution >= 0.6 is 0 Å². The Labute approximate surface area is 134 Å². The van der Waals surface area contributed by atoms with Crippen LogP contribution in [0.25, 0.3) is 10.8 Å². The average Bonchev–Trinajstić information content (AvgIpc) is 2.54. The second kappa shape index (κ2) is 8.26. The van der Waals surface area contributed by atoms with Crippen LogP contribution in [0.2, 0.25) is 0 Å². The van der Waals surface area contributed by atoms with Gasteiger partial charge in [-0.3, -0.25) is 4.79 Å². The zero-order chi connectivity index (χ0) is 16.7. The number of carbonyl (C=O) groups is 2. The third-order valence-electron chi connectivity index (χ3n) is 3.59. The van der Waals surface area contributed by atoms with Crippen molar-refractivity contribution in [1.29, 1.82) is 0 Å². The van der Waals surface area contributed by atoms with Crippen molar-refractivity contribution in [2.24, 2.45) is 0 Å². The fourth-order valence-corrected chi connectivity index (χ4v) is 2.41. The number of carboxylic acid groups (broad SMARTS) is 1. The van der Waals surface area contributed by atoms with Gasteiger partial charge in [-0.1, -0.05) is 36.4 Å². The smallest absolute Gasteiger partial charge is 0.230 e. The Morgan fingerprint density at radius 3 is 2.65 bits per heavy atom. The fourth-order valence-electron chi connectivity index (χ4n) is 2.41. The second-order valence-corrected chi connectivity index (χ2v) is 5.31. The summed E-state index contributed by atoms with van der Waals surface area (Å²) in [6.07, 6.45) is 0.283. The van der Waals surface area contributed by atoms with Crippen molar-refractivity contribution in [3.8, 4) is 0 Å². The Morgan fingerprint density at radius 1 is 1.17 bits per heavy atom. The number of aliphatic hydroxyl groups excluding tert-OH is 1. The molecule has 0 aliphatic rings. The van der Waals surface area contributed by atoms with Crippen LogP contribution in [0.1, 0.15) is 12.8 Å². The van der Waals surface area contributed by atoms with Crippen molar-refractivity contribution in [3.63, 3.8) is 0 Å². The Bertz CT molecular complexity index is 682. The number of nitrogens with one attached hydrogen (secondary N) is 1. The van der Waals surface area contributed by atoms with Crippen LogP contribution in [0.3, 0.4) is 0 Å². The van der Waals surface area contributed by atoms with Crippen LogP contribution in [-0.4, -0.2) is 36.2 Å². The molecule has 2 aromatic rings. The summed E-state index contributed by atoms with van der Waals surface area (Å²) in [5.74, 6) is -1.66. The molecule has 0 aliphatic carbocycles. The maximum absolute atomic E-state index is 12.1. The zero-order valence-electron chi connectivity index (χ0n) is 12.7. The minimum Gasteiger partial charge on any atom is -0.544 e. The number of carboxylic acids is 1. The standard InChI is InChI=1S/C17H20N2O4/c20-10-4-9-18-15(17(22)23)11-16(21)19-14-8-3-6-12-5-1-2-7-13(12)14/h1-3,5-8,15,18,20H,4,9-11H2,(H,19,21)(H,22,23)/t15-/m1/s1. The van der Waals surface area contributed by atoms with Crippen LogP contribution in [0.5, 0.6) is 0 Å². The van der Waals surface area contributed by atoms with E-state index in [2.05, 4.69) is 5.32 Å². The van der Waals surface area contributed by atoms with Crippen LogP contribution in [0.15, 0.2) is 42.5 Å². The zero-order valence-corrected chi connectivity index (χ0v) is 12.7. The molecule has 0 aliphatic heterocycles. The molecule has 0 spiro atoms. The monoisotopic (exact) mass is 316 g/mol. The molecule has 23 heavy (non-hydrogen) atoms. The highest BCUT2D eigenvalue weighted by atomic mass is 16.4. The Morgan fingerprint density at radius 2 is 1.91 bits per heavy atom. The van der Waals surface area contributed by atoms with E-state index in [0.29, 0.717) is 18.7 Å². The first-order valence-corrected chi connectivity index (χ1v) is 7.54. The van der Waals surface area contributed by atoms with E-state index in [0.717, 1.165) is 10.8 Å². The van der Waals surface area contributed by atoms with E-state index in [9.17, 15) is 14.7 Å². The largest absolute Gasteiger partial charge is 0.544 e. The first kappa shape index (κ1) is 16.9. The van der Waals surface area contributed by atoms with E-state index in [1.54, 1.807) is 6.07 Å². The SMILES string of the molecule is O=C(C[C@@H]([NH2+]CCCO)C(=O)[O-])Nc1cccc2ccccc12. The number of hydrogen-bond acceptors (Lipinski definition) is 4. The van der Waals surface area contributed by atoms with E-state index in [-0.39, 0.29) is 18.9 Å². The quantitative estimate of drug-likeness (QED) is 0.556. The molecule has 0 radical (unpaired) electrons. The van der Waals surface area contributed by atoms with Crippen molar-refractivity contribution < 1.29 is 25.1 Å². The summed E-state index contributed by atoms with van der Waals surface area (Å²) < 4.78 is 0. The number of nitrogens with two attached hydrogens (primary N) is 1. The van der Waals surface area contributed by atoms with E-state index < -0.39 is 12.0 Å². The number of aliphatic carboxylic acids is 1. The number of benzene rings is 2.